The van der Waals surface area contributed by atoms with Crippen molar-refractivity contribution in [1.29, 1.82) is 0 Å². The lowest BCUT2D eigenvalue weighted by Gasteiger charge is -2.19. The van der Waals surface area contributed by atoms with E-state index in [1.165, 1.54) is 44.0 Å². The Balaban J connectivity index is 1.86. The molecule has 1 aliphatic rings. The second-order valence-corrected chi connectivity index (χ2v) is 6.81. The maximum atomic E-state index is 12.0. The second-order valence-electron chi connectivity index (χ2n) is 5.04. The van der Waals surface area contributed by atoms with Gasteiger partial charge in [0.05, 0.1) is 4.90 Å². The van der Waals surface area contributed by atoms with E-state index in [0.29, 0.717) is 6.54 Å². The van der Waals surface area contributed by atoms with Crippen LogP contribution in [0.4, 0.5) is 0 Å². The third kappa shape index (κ3) is 4.43. The molecule has 1 aliphatic heterocycles. The Kier molecular flexibility index (Phi) is 5.33. The van der Waals surface area contributed by atoms with Gasteiger partial charge in [-0.05, 0) is 32.0 Å². The van der Waals surface area contributed by atoms with Crippen molar-refractivity contribution >= 4 is 10.0 Å². The van der Waals surface area contributed by atoms with Crippen LogP contribution in [0.5, 0.6) is 0 Å². The molecule has 112 valence electrons. The van der Waals surface area contributed by atoms with Gasteiger partial charge in [-0.2, -0.15) is 0 Å². The summed E-state index contributed by atoms with van der Waals surface area (Å²) in [4.78, 5) is 15.7. The highest BCUT2D eigenvalue weighted by molar-refractivity contribution is 7.89. The summed E-state index contributed by atoms with van der Waals surface area (Å²) >= 11 is 0. The number of rotatable bonds is 5. The van der Waals surface area contributed by atoms with E-state index in [4.69, 9.17) is 0 Å². The first-order chi connectivity index (χ1) is 9.58. The molecular weight excluding hydrogens is 278 g/mol. The number of hydrogen-bond donors (Lipinski definition) is 2. The van der Waals surface area contributed by atoms with E-state index >= 15 is 0 Å². The Morgan fingerprint density at radius 3 is 2.45 bits per heavy atom. The average Bonchev–Trinajstić information content (AvgIpc) is 2.68. The number of hydrogen-bond acceptors (Lipinski definition) is 4. The molecule has 0 saturated carbocycles. The Labute approximate surface area is 119 Å². The predicted molar refractivity (Wildman–Crippen MR) is 77.2 cm³/mol. The van der Waals surface area contributed by atoms with E-state index in [1.54, 1.807) is 0 Å². The lowest BCUT2D eigenvalue weighted by molar-refractivity contribution is 0.290. The number of nitrogens with one attached hydrogen (secondary N) is 2. The molecule has 7 heteroatoms. The molecule has 0 aliphatic carbocycles. The average molecular weight is 299 g/mol. The molecule has 2 heterocycles. The highest BCUT2D eigenvalue weighted by atomic mass is 32.2. The predicted octanol–water partition coefficient (Wildman–Crippen LogP) is 0.529. The van der Waals surface area contributed by atoms with Gasteiger partial charge in [-0.1, -0.05) is 12.8 Å². The topological polar surface area (TPSA) is 82.3 Å². The van der Waals surface area contributed by atoms with Gasteiger partial charge in [0.25, 0.3) is 0 Å². The van der Waals surface area contributed by atoms with Crippen LogP contribution in [0.3, 0.4) is 0 Å². The molecule has 20 heavy (non-hydrogen) atoms. The number of aromatic amines is 1. The van der Waals surface area contributed by atoms with Crippen LogP contribution in [-0.2, 0) is 10.0 Å². The molecule has 0 amide bonds. The van der Waals surface area contributed by atoms with Crippen molar-refractivity contribution in [3.63, 3.8) is 0 Å². The standard InChI is InChI=1S/C13H21N3O3S/c17-13-6-5-12(11-14-13)20(18,19)15-7-10-16-8-3-1-2-4-9-16/h5-6,11,15H,1-4,7-10H2,(H,14,17). The summed E-state index contributed by atoms with van der Waals surface area (Å²) in [7, 11) is -3.53. The molecule has 1 aromatic heterocycles. The van der Waals surface area contributed by atoms with Crippen molar-refractivity contribution in [3.05, 3.63) is 28.7 Å². The van der Waals surface area contributed by atoms with E-state index in [-0.39, 0.29) is 10.5 Å². The normalized spacial score (nSPS) is 17.8. The van der Waals surface area contributed by atoms with Gasteiger partial charge in [0, 0.05) is 25.4 Å². The summed E-state index contributed by atoms with van der Waals surface area (Å²) in [5.41, 5.74) is -0.312. The molecule has 1 fully saturated rings. The second kappa shape index (κ2) is 7.01. The summed E-state index contributed by atoms with van der Waals surface area (Å²) in [5, 5.41) is 0. The van der Waals surface area contributed by atoms with Gasteiger partial charge < -0.3 is 9.88 Å². The van der Waals surface area contributed by atoms with Gasteiger partial charge in [-0.15, -0.1) is 0 Å². The van der Waals surface area contributed by atoms with Crippen LogP contribution in [0.1, 0.15) is 25.7 Å². The van der Waals surface area contributed by atoms with E-state index in [2.05, 4.69) is 14.6 Å². The van der Waals surface area contributed by atoms with Crippen LogP contribution in [0, 0.1) is 0 Å². The minimum absolute atomic E-state index is 0.0907. The van der Waals surface area contributed by atoms with Gasteiger partial charge in [0.2, 0.25) is 15.6 Å². The summed E-state index contributed by atoms with van der Waals surface area (Å²) in [5.74, 6) is 0. The van der Waals surface area contributed by atoms with Crippen molar-refractivity contribution in [2.45, 2.75) is 30.6 Å². The molecule has 0 aromatic carbocycles. The third-order valence-electron chi connectivity index (χ3n) is 3.48. The largest absolute Gasteiger partial charge is 0.328 e. The van der Waals surface area contributed by atoms with Crippen LogP contribution >= 0.6 is 0 Å². The SMILES string of the molecule is O=c1ccc(S(=O)(=O)NCCN2CCCCCC2)c[nH]1. The molecule has 0 atom stereocenters. The van der Waals surface area contributed by atoms with Crippen LogP contribution < -0.4 is 10.3 Å². The number of pyridine rings is 1. The summed E-state index contributed by atoms with van der Waals surface area (Å²) in [6.07, 6.45) is 6.12. The third-order valence-corrected chi connectivity index (χ3v) is 4.94. The maximum absolute atomic E-state index is 12.0. The van der Waals surface area contributed by atoms with Gasteiger partial charge in [-0.3, -0.25) is 4.79 Å². The lowest BCUT2D eigenvalue weighted by Crippen LogP contribution is -2.35. The highest BCUT2D eigenvalue weighted by Crippen LogP contribution is 2.09. The Hall–Kier alpha value is -1.18. The molecule has 1 aromatic rings. The molecule has 6 nitrogen and oxygen atoms in total. The van der Waals surface area contributed by atoms with E-state index in [1.807, 2.05) is 0 Å². The van der Waals surface area contributed by atoms with Crippen molar-refractivity contribution in [2.24, 2.45) is 0 Å². The van der Waals surface area contributed by atoms with E-state index in [9.17, 15) is 13.2 Å². The number of H-pyrrole nitrogens is 1. The Bertz CT molecular complexity index is 554. The van der Waals surface area contributed by atoms with Crippen LogP contribution in [0.2, 0.25) is 0 Å². The first-order valence-electron chi connectivity index (χ1n) is 6.99. The number of sulfonamides is 1. The highest BCUT2D eigenvalue weighted by Gasteiger charge is 2.14. The van der Waals surface area contributed by atoms with E-state index < -0.39 is 10.0 Å². The zero-order valence-corrected chi connectivity index (χ0v) is 12.3. The molecule has 0 spiro atoms. The van der Waals surface area contributed by atoms with Crippen LogP contribution in [0.15, 0.2) is 28.0 Å². The fourth-order valence-electron chi connectivity index (χ4n) is 2.34. The zero-order chi connectivity index (χ0) is 14.4. The summed E-state index contributed by atoms with van der Waals surface area (Å²) in [6, 6.07) is 2.52. The minimum Gasteiger partial charge on any atom is -0.328 e. The van der Waals surface area contributed by atoms with Crippen molar-refractivity contribution in [1.82, 2.24) is 14.6 Å². The minimum atomic E-state index is -3.53. The van der Waals surface area contributed by atoms with E-state index in [0.717, 1.165) is 19.6 Å². The van der Waals surface area contributed by atoms with Gasteiger partial charge in [0.1, 0.15) is 0 Å². The van der Waals surface area contributed by atoms with Crippen LogP contribution in [0.25, 0.3) is 0 Å². The molecule has 0 unspecified atom stereocenters. The molecule has 1 saturated heterocycles. The molecule has 0 bridgehead atoms. The molecule has 2 N–H and O–H groups in total. The summed E-state index contributed by atoms with van der Waals surface area (Å²) in [6.45, 7) is 3.20. The molecular formula is C13H21N3O3S. The first-order valence-corrected chi connectivity index (χ1v) is 8.47. The Morgan fingerprint density at radius 1 is 1.15 bits per heavy atom. The van der Waals surface area contributed by atoms with Gasteiger partial charge >= 0.3 is 0 Å². The smallest absolute Gasteiger partial charge is 0.247 e. The zero-order valence-electron chi connectivity index (χ0n) is 11.5. The lowest BCUT2D eigenvalue weighted by atomic mass is 10.2. The van der Waals surface area contributed by atoms with Gasteiger partial charge in [-0.25, -0.2) is 13.1 Å². The monoisotopic (exact) mass is 299 g/mol. The van der Waals surface area contributed by atoms with Crippen molar-refractivity contribution in [2.75, 3.05) is 26.2 Å². The quantitative estimate of drug-likeness (QED) is 0.831. The van der Waals surface area contributed by atoms with Crippen LogP contribution in [-0.4, -0.2) is 44.5 Å². The number of nitrogens with zero attached hydrogens (tertiary/aromatic N) is 1. The molecule has 0 radical (unpaired) electrons. The van der Waals surface area contributed by atoms with Crippen molar-refractivity contribution < 1.29 is 8.42 Å². The molecule has 2 rings (SSSR count). The van der Waals surface area contributed by atoms with Crippen molar-refractivity contribution in [3.8, 4) is 0 Å². The summed E-state index contributed by atoms with van der Waals surface area (Å²) < 4.78 is 26.6. The number of aromatic nitrogens is 1. The fourth-order valence-corrected chi connectivity index (χ4v) is 3.33. The number of likely N-dealkylation sites (tertiary alicyclic amines) is 1. The maximum Gasteiger partial charge on any atom is 0.247 e. The fraction of sp³-hybridized carbons (Fsp3) is 0.615. The first kappa shape index (κ1) is 15.2. The van der Waals surface area contributed by atoms with Gasteiger partial charge in [0.15, 0.2) is 0 Å². The Morgan fingerprint density at radius 2 is 1.85 bits per heavy atom.